The molecule has 0 unspecified atom stereocenters. The smallest absolute Gasteiger partial charge is 0.297 e. The van der Waals surface area contributed by atoms with Gasteiger partial charge in [0, 0.05) is 28.4 Å². The second-order valence-electron chi connectivity index (χ2n) is 5.96. The maximum Gasteiger partial charge on any atom is 0.297 e. The molecule has 0 aromatic heterocycles. The van der Waals surface area contributed by atoms with Crippen molar-refractivity contribution in [3.63, 3.8) is 0 Å². The van der Waals surface area contributed by atoms with E-state index in [1.165, 1.54) is 40.6 Å². The monoisotopic (exact) mass is 390 g/mol. The summed E-state index contributed by atoms with van der Waals surface area (Å²) in [7, 11) is 1.79. The molecule has 0 bridgehead atoms. The Morgan fingerprint density at radius 2 is 1.54 bits per heavy atom. The van der Waals surface area contributed by atoms with Gasteiger partial charge in [0.1, 0.15) is 24.4 Å². The van der Waals surface area contributed by atoms with Crippen molar-refractivity contribution in [2.45, 2.75) is 42.5 Å². The molecule has 0 N–H and O–H groups in total. The number of methoxy groups -OCH3 is 4. The third-order valence-electron chi connectivity index (χ3n) is 4.25. The Kier molecular flexibility index (Phi) is 7.53. The highest BCUT2D eigenvalue weighted by molar-refractivity contribution is 7.86. The van der Waals surface area contributed by atoms with E-state index in [2.05, 4.69) is 0 Å². The zero-order chi connectivity index (χ0) is 19.3. The third kappa shape index (κ3) is 4.61. The van der Waals surface area contributed by atoms with Crippen LogP contribution in [0.3, 0.4) is 0 Å². The number of benzene rings is 1. The standard InChI is InChI=1S/C17H26O8S/c1-11-6-8-12(9-7-11)26(18,19)25-15-14(21-3)13(10-20-2)24-17(23-5)16(15)22-4/h6-9,13-17H,10H2,1-5H3/t13-,14-,15+,16-,17+/m1/s1. The van der Waals surface area contributed by atoms with E-state index in [1.807, 2.05) is 6.92 Å². The van der Waals surface area contributed by atoms with Gasteiger partial charge in [0.2, 0.25) is 0 Å². The first kappa shape index (κ1) is 21.2. The number of hydrogen-bond donors (Lipinski definition) is 0. The first-order valence-electron chi connectivity index (χ1n) is 8.10. The highest BCUT2D eigenvalue weighted by Gasteiger charge is 2.49. The van der Waals surface area contributed by atoms with Crippen LogP contribution in [0.4, 0.5) is 0 Å². The molecule has 1 heterocycles. The quantitative estimate of drug-likeness (QED) is 0.610. The average Bonchev–Trinajstić information content (AvgIpc) is 2.61. The van der Waals surface area contributed by atoms with Gasteiger partial charge in [0.25, 0.3) is 10.1 Å². The molecule has 9 heteroatoms. The predicted octanol–water partition coefficient (Wildman–Crippen LogP) is 1.12. The lowest BCUT2D eigenvalue weighted by Crippen LogP contribution is -2.61. The molecule has 8 nitrogen and oxygen atoms in total. The molecule has 148 valence electrons. The lowest BCUT2D eigenvalue weighted by Gasteiger charge is -2.43. The second kappa shape index (κ2) is 9.23. The number of aryl methyl sites for hydroxylation is 1. The SMILES string of the molecule is COC[C@H]1O[C@H](OC)[C@H](OC)[C@@H](OS(=O)(=O)c2ccc(C)cc2)[C@@H]1OC. The van der Waals surface area contributed by atoms with Crippen LogP contribution in [-0.2, 0) is 38.0 Å². The van der Waals surface area contributed by atoms with E-state index in [-0.39, 0.29) is 11.5 Å². The van der Waals surface area contributed by atoms with Crippen LogP contribution >= 0.6 is 0 Å². The van der Waals surface area contributed by atoms with Crippen LogP contribution in [0.15, 0.2) is 29.2 Å². The fourth-order valence-electron chi connectivity index (χ4n) is 2.92. The lowest BCUT2D eigenvalue weighted by molar-refractivity contribution is -0.298. The topological polar surface area (TPSA) is 89.5 Å². The summed E-state index contributed by atoms with van der Waals surface area (Å²) in [5, 5.41) is 0. The number of rotatable bonds is 8. The van der Waals surface area contributed by atoms with Gasteiger partial charge in [-0.1, -0.05) is 17.7 Å². The van der Waals surface area contributed by atoms with Gasteiger partial charge in [-0.2, -0.15) is 8.42 Å². The summed E-state index contributed by atoms with van der Waals surface area (Å²) >= 11 is 0. The molecule has 0 saturated carbocycles. The van der Waals surface area contributed by atoms with Crippen molar-refractivity contribution in [1.29, 1.82) is 0 Å². The fourth-order valence-corrected chi connectivity index (χ4v) is 4.01. The minimum absolute atomic E-state index is 0.0524. The maximum atomic E-state index is 12.7. The predicted molar refractivity (Wildman–Crippen MR) is 92.4 cm³/mol. The molecule has 5 atom stereocenters. The van der Waals surface area contributed by atoms with Gasteiger partial charge in [-0.3, -0.25) is 4.18 Å². The molecule has 26 heavy (non-hydrogen) atoms. The Labute approximate surface area is 154 Å². The molecular formula is C17H26O8S. The van der Waals surface area contributed by atoms with Crippen LogP contribution < -0.4 is 0 Å². The second-order valence-corrected chi connectivity index (χ2v) is 7.53. The van der Waals surface area contributed by atoms with Gasteiger partial charge in [-0.05, 0) is 19.1 Å². The molecule has 2 rings (SSSR count). The Morgan fingerprint density at radius 1 is 0.923 bits per heavy atom. The summed E-state index contributed by atoms with van der Waals surface area (Å²) in [6.07, 6.45) is -3.93. The Bertz CT molecular complexity index is 660. The molecule has 0 radical (unpaired) electrons. The molecule has 1 aliphatic heterocycles. The first-order chi connectivity index (χ1) is 12.4. The summed E-state index contributed by atoms with van der Waals surface area (Å²) < 4.78 is 58.1. The Hall–Kier alpha value is -1.07. The summed E-state index contributed by atoms with van der Waals surface area (Å²) in [5.74, 6) is 0. The highest BCUT2D eigenvalue weighted by atomic mass is 32.2. The molecule has 1 aliphatic rings. The van der Waals surface area contributed by atoms with Crippen molar-refractivity contribution >= 4 is 10.1 Å². The van der Waals surface area contributed by atoms with Crippen LogP contribution in [-0.4, -0.2) is 74.2 Å². The normalized spacial score (nSPS) is 29.7. The third-order valence-corrected chi connectivity index (χ3v) is 5.57. The van der Waals surface area contributed by atoms with Crippen LogP contribution in [0.1, 0.15) is 5.56 Å². The number of ether oxygens (including phenoxy) is 5. The largest absolute Gasteiger partial charge is 0.382 e. The van der Waals surface area contributed by atoms with Crippen LogP contribution in [0.5, 0.6) is 0 Å². The van der Waals surface area contributed by atoms with E-state index in [0.717, 1.165) is 5.56 Å². The molecule has 0 amide bonds. The maximum absolute atomic E-state index is 12.7. The van der Waals surface area contributed by atoms with Gasteiger partial charge in [0.05, 0.1) is 11.5 Å². The number of hydrogen-bond acceptors (Lipinski definition) is 8. The van der Waals surface area contributed by atoms with Crippen LogP contribution in [0.2, 0.25) is 0 Å². The zero-order valence-electron chi connectivity index (χ0n) is 15.6. The van der Waals surface area contributed by atoms with Gasteiger partial charge < -0.3 is 23.7 Å². The van der Waals surface area contributed by atoms with E-state index < -0.39 is 40.8 Å². The molecule has 1 aromatic rings. The van der Waals surface area contributed by atoms with Gasteiger partial charge in [-0.25, -0.2) is 0 Å². The van der Waals surface area contributed by atoms with Crippen molar-refractivity contribution in [1.82, 2.24) is 0 Å². The van der Waals surface area contributed by atoms with E-state index >= 15 is 0 Å². The molecule has 1 saturated heterocycles. The molecule has 0 spiro atoms. The van der Waals surface area contributed by atoms with Crippen molar-refractivity contribution in [3.8, 4) is 0 Å². The van der Waals surface area contributed by atoms with Gasteiger partial charge >= 0.3 is 0 Å². The molecular weight excluding hydrogens is 364 g/mol. The molecule has 1 fully saturated rings. The van der Waals surface area contributed by atoms with Gasteiger partial charge in [0.15, 0.2) is 6.29 Å². The van der Waals surface area contributed by atoms with Crippen LogP contribution in [0, 0.1) is 6.92 Å². The zero-order valence-corrected chi connectivity index (χ0v) is 16.4. The van der Waals surface area contributed by atoms with Crippen molar-refractivity contribution < 1.29 is 36.3 Å². The average molecular weight is 390 g/mol. The minimum atomic E-state index is -4.04. The van der Waals surface area contributed by atoms with E-state index in [9.17, 15) is 8.42 Å². The van der Waals surface area contributed by atoms with Crippen LogP contribution in [0.25, 0.3) is 0 Å². The summed E-state index contributed by atoms with van der Waals surface area (Å²) in [5.41, 5.74) is 0.944. The van der Waals surface area contributed by atoms with E-state index in [4.69, 9.17) is 27.9 Å². The van der Waals surface area contributed by atoms with E-state index in [0.29, 0.717) is 0 Å². The summed E-state index contributed by atoms with van der Waals surface area (Å²) in [6, 6.07) is 6.39. The molecule has 0 aliphatic carbocycles. The lowest BCUT2D eigenvalue weighted by atomic mass is 9.99. The highest BCUT2D eigenvalue weighted by Crippen LogP contribution is 2.30. The van der Waals surface area contributed by atoms with Crippen molar-refractivity contribution in [3.05, 3.63) is 29.8 Å². The van der Waals surface area contributed by atoms with Gasteiger partial charge in [-0.15, -0.1) is 0 Å². The first-order valence-corrected chi connectivity index (χ1v) is 9.51. The van der Waals surface area contributed by atoms with Crippen molar-refractivity contribution in [2.75, 3.05) is 35.0 Å². The van der Waals surface area contributed by atoms with Crippen molar-refractivity contribution in [2.24, 2.45) is 0 Å². The summed E-state index contributed by atoms with van der Waals surface area (Å²) in [6.45, 7) is 2.05. The Balaban J connectivity index is 2.35. The van der Waals surface area contributed by atoms with E-state index in [1.54, 1.807) is 12.1 Å². The molecule has 1 aromatic carbocycles. The fraction of sp³-hybridized carbons (Fsp3) is 0.647. The summed E-state index contributed by atoms with van der Waals surface area (Å²) in [4.78, 5) is 0.0524. The Morgan fingerprint density at radius 3 is 2.04 bits per heavy atom. The minimum Gasteiger partial charge on any atom is -0.382 e.